The predicted molar refractivity (Wildman–Crippen MR) is 254 cm³/mol. The van der Waals surface area contributed by atoms with Crippen molar-refractivity contribution in [3.8, 4) is 0 Å². The van der Waals surface area contributed by atoms with E-state index in [1.165, 1.54) is 61.4 Å². The molecule has 1 aromatic carbocycles. The molecule has 0 atom stereocenters. The van der Waals surface area contributed by atoms with Crippen LogP contribution in [0.2, 0.25) is 0 Å². The zero-order chi connectivity index (χ0) is 45.1. The minimum absolute atomic E-state index is 0.383. The van der Waals surface area contributed by atoms with Gasteiger partial charge < -0.3 is 17.9 Å². The van der Waals surface area contributed by atoms with E-state index in [9.17, 15) is 0 Å². The fourth-order valence-corrected chi connectivity index (χ4v) is 10.2. The third-order valence-corrected chi connectivity index (χ3v) is 7.96. The van der Waals surface area contributed by atoms with Crippen LogP contribution in [0.5, 0.6) is 0 Å². The molecule has 0 N–H and O–H groups in total. The van der Waals surface area contributed by atoms with Gasteiger partial charge in [-0.1, -0.05) is 175 Å². The highest BCUT2D eigenvalue weighted by Gasteiger charge is 2.36. The molecule has 1 rings (SSSR count). The number of quaternary nitrogens is 4. The fraction of sp³-hybridized carbons (Fsp3) is 0.882. The largest absolute Gasteiger partial charge is 0.330 e. The molecule has 0 saturated carbocycles. The van der Waals surface area contributed by atoms with Gasteiger partial charge >= 0.3 is 0 Å². The van der Waals surface area contributed by atoms with E-state index in [2.05, 4.69) is 233 Å². The van der Waals surface area contributed by atoms with E-state index < -0.39 is 0 Å². The smallest absolute Gasteiger partial charge is 0.104 e. The first kappa shape index (κ1) is 58.4. The SMILES string of the molecule is CC(C)(C)C[N+](C)(C)C.CC(C)(C)C[N+](C)(C)CC(C)(C)C.CC(C)(C)C[N+](C)(CC(C)(C)C)CC(C)(C)C.Cc1ccc(C[N+](C)(C)CC(C)(C)C)cc1. The Labute approximate surface area is 351 Å². The second kappa shape index (κ2) is 20.8. The Balaban J connectivity index is -0.000000671. The zero-order valence-electron chi connectivity index (χ0n) is 44.3. The quantitative estimate of drug-likeness (QED) is 0.219. The Morgan fingerprint density at radius 2 is 0.564 bits per heavy atom. The van der Waals surface area contributed by atoms with Crippen LogP contribution < -0.4 is 0 Å². The summed E-state index contributed by atoms with van der Waals surface area (Å²) in [6.07, 6.45) is 0. The highest BCUT2D eigenvalue weighted by Crippen LogP contribution is 2.30. The van der Waals surface area contributed by atoms with Gasteiger partial charge in [-0.05, 0) is 6.92 Å². The number of nitrogens with zero attached hydrogens (tertiary/aromatic N) is 4. The maximum atomic E-state index is 2.43. The number of hydrogen-bond acceptors (Lipinski definition) is 0. The van der Waals surface area contributed by atoms with Crippen molar-refractivity contribution in [3.63, 3.8) is 0 Å². The van der Waals surface area contributed by atoms with Crippen LogP contribution in [0.4, 0.5) is 0 Å². The van der Waals surface area contributed by atoms with Crippen LogP contribution >= 0.6 is 0 Å². The average molecular weight is 779 g/mol. The van der Waals surface area contributed by atoms with Crippen molar-refractivity contribution in [2.24, 2.45) is 37.9 Å². The molecule has 4 nitrogen and oxygen atoms in total. The van der Waals surface area contributed by atoms with Crippen LogP contribution in [0.3, 0.4) is 0 Å². The second-order valence-corrected chi connectivity index (χ2v) is 29.0. The highest BCUT2D eigenvalue weighted by molar-refractivity contribution is 5.20. The standard InChI is InChI=1S/C16H36N.C15H26N.C12H28N.C8H20N/c1-14(2,3)11-17(10,12-15(4,5)6)13-16(7,8)9;1-13-7-9-14(10-8-13)11-16(5,6)12-15(2,3)4;1-11(2,3)9-13(7,8)10-12(4,5)6;1-8(2,3)7-9(4,5)6/h11-13H2,1-10H3;7-10H,11-12H2,1-6H3;9-10H2,1-8H3;7H2,1-6H3/q4*+1. The fourth-order valence-electron chi connectivity index (χ4n) is 10.2. The number of rotatable bonds is 9. The summed E-state index contributed by atoms with van der Waals surface area (Å²) < 4.78 is 4.40. The lowest BCUT2D eigenvalue weighted by atomic mass is 9.87. The molecule has 0 saturated heterocycles. The van der Waals surface area contributed by atoms with E-state index in [-0.39, 0.29) is 0 Å². The first-order valence-electron chi connectivity index (χ1n) is 21.8. The summed E-state index contributed by atoms with van der Waals surface area (Å²) in [6, 6.07) is 8.90. The first-order valence-corrected chi connectivity index (χ1v) is 21.8. The van der Waals surface area contributed by atoms with Crippen LogP contribution in [-0.4, -0.2) is 120 Å². The molecule has 0 aliphatic rings. The Bertz CT molecular complexity index is 1090. The Morgan fingerprint density at radius 3 is 0.764 bits per heavy atom. The Kier molecular flexibility index (Phi) is 22.1. The van der Waals surface area contributed by atoms with Crippen molar-refractivity contribution in [2.45, 2.75) is 159 Å². The molecule has 1 aromatic rings. The van der Waals surface area contributed by atoms with Crippen LogP contribution in [0, 0.1) is 44.8 Å². The van der Waals surface area contributed by atoms with Gasteiger partial charge in [0, 0.05) is 43.5 Å². The van der Waals surface area contributed by atoms with Crippen molar-refractivity contribution in [3.05, 3.63) is 35.4 Å². The number of hydrogen-bond donors (Lipinski definition) is 0. The molecule has 55 heavy (non-hydrogen) atoms. The summed E-state index contributed by atoms with van der Waals surface area (Å²) in [6.45, 7) is 60.7. The van der Waals surface area contributed by atoms with Gasteiger partial charge in [0.15, 0.2) is 0 Å². The first-order chi connectivity index (χ1) is 23.4. The van der Waals surface area contributed by atoms with Crippen LogP contribution in [0.1, 0.15) is 157 Å². The number of aryl methyl sites for hydroxylation is 1. The summed E-state index contributed by atoms with van der Waals surface area (Å²) in [5.74, 6) is 0. The maximum absolute atomic E-state index is 2.43. The molecule has 0 unspecified atom stereocenters. The maximum Gasteiger partial charge on any atom is 0.104 e. The van der Waals surface area contributed by atoms with Gasteiger partial charge in [-0.3, -0.25) is 0 Å². The Morgan fingerprint density at radius 1 is 0.327 bits per heavy atom. The van der Waals surface area contributed by atoms with E-state index >= 15 is 0 Å². The molecule has 0 fully saturated rings. The van der Waals surface area contributed by atoms with Gasteiger partial charge in [-0.2, -0.15) is 0 Å². The normalized spacial score (nSPS) is 14.2. The van der Waals surface area contributed by atoms with E-state index in [1.807, 2.05) is 0 Å². The van der Waals surface area contributed by atoms with Gasteiger partial charge in [0.1, 0.15) is 6.54 Å². The molecule has 330 valence electrons. The van der Waals surface area contributed by atoms with E-state index in [0.717, 1.165) is 20.0 Å². The summed E-state index contributed by atoms with van der Waals surface area (Å²) in [5.41, 5.74) is 5.64. The predicted octanol–water partition coefficient (Wildman–Crippen LogP) is 13.1. The molecule has 0 spiro atoms. The lowest BCUT2D eigenvalue weighted by molar-refractivity contribution is -0.926. The van der Waals surface area contributed by atoms with Crippen molar-refractivity contribution >= 4 is 0 Å². The van der Waals surface area contributed by atoms with Crippen LogP contribution in [0.15, 0.2) is 24.3 Å². The summed E-state index contributed by atoms with van der Waals surface area (Å²) in [7, 11) is 18.4. The molecule has 0 aromatic heterocycles. The van der Waals surface area contributed by atoms with Gasteiger partial charge in [-0.25, -0.2) is 0 Å². The van der Waals surface area contributed by atoms with Crippen LogP contribution in [0.25, 0.3) is 0 Å². The van der Waals surface area contributed by atoms with Gasteiger partial charge in [0.05, 0.1) is 102 Å². The van der Waals surface area contributed by atoms with Crippen molar-refractivity contribution in [1.29, 1.82) is 0 Å². The Hall–Kier alpha value is -0.940. The minimum Gasteiger partial charge on any atom is -0.330 e. The van der Waals surface area contributed by atoms with E-state index in [1.54, 1.807) is 0 Å². The molecule has 0 radical (unpaired) electrons. The molecule has 0 aliphatic carbocycles. The monoisotopic (exact) mass is 779 g/mol. The highest BCUT2D eigenvalue weighted by atomic mass is 15.3. The van der Waals surface area contributed by atoms with Crippen molar-refractivity contribution in [2.75, 3.05) is 102 Å². The molecular weight excluding hydrogens is 669 g/mol. The molecular formula is C51H110N4+4. The van der Waals surface area contributed by atoms with Gasteiger partial charge in [0.2, 0.25) is 0 Å². The number of benzene rings is 1. The van der Waals surface area contributed by atoms with E-state index in [0.29, 0.717) is 37.9 Å². The van der Waals surface area contributed by atoms with Gasteiger partial charge in [0.25, 0.3) is 0 Å². The minimum atomic E-state index is 0.383. The summed E-state index contributed by atoms with van der Waals surface area (Å²) in [4.78, 5) is 0. The second-order valence-electron chi connectivity index (χ2n) is 29.0. The molecule has 0 bridgehead atoms. The molecule has 4 heteroatoms. The molecule has 0 heterocycles. The zero-order valence-corrected chi connectivity index (χ0v) is 44.3. The lowest BCUT2D eigenvalue weighted by Gasteiger charge is -2.46. The average Bonchev–Trinajstić information content (AvgIpc) is 2.69. The van der Waals surface area contributed by atoms with Crippen molar-refractivity contribution in [1.82, 2.24) is 0 Å². The van der Waals surface area contributed by atoms with Crippen LogP contribution in [-0.2, 0) is 6.54 Å². The summed E-state index contributed by atoms with van der Waals surface area (Å²) in [5, 5.41) is 0. The molecule has 0 aliphatic heterocycles. The van der Waals surface area contributed by atoms with E-state index in [4.69, 9.17) is 0 Å². The third kappa shape index (κ3) is 44.0. The topological polar surface area (TPSA) is 0 Å². The summed E-state index contributed by atoms with van der Waals surface area (Å²) >= 11 is 0. The lowest BCUT2D eigenvalue weighted by Crippen LogP contribution is -2.56. The van der Waals surface area contributed by atoms with Crippen molar-refractivity contribution < 1.29 is 17.9 Å². The molecule has 0 amide bonds. The third-order valence-electron chi connectivity index (χ3n) is 7.96. The van der Waals surface area contributed by atoms with Gasteiger partial charge in [-0.15, -0.1) is 0 Å².